The molecule has 0 aliphatic carbocycles. The Morgan fingerprint density at radius 3 is 2.48 bits per heavy atom. The zero-order valence-corrected chi connectivity index (χ0v) is 23.6. The molecule has 0 aliphatic heterocycles. The first-order valence-electron chi connectivity index (χ1n) is 13.2. The molecule has 0 spiro atoms. The van der Waals surface area contributed by atoms with Crippen molar-refractivity contribution in [1.82, 2.24) is 24.9 Å². The fourth-order valence-corrected chi connectivity index (χ4v) is 3.65. The second-order valence-electron chi connectivity index (χ2n) is 7.88. The number of aromatic nitrogens is 5. The second kappa shape index (κ2) is 16.3. The number of phenolic OH excluding ortho intramolecular Hbond substituents is 1. The third kappa shape index (κ3) is 8.15. The van der Waals surface area contributed by atoms with Crippen LogP contribution in [0.4, 0.5) is 0 Å². The minimum Gasteiger partial charge on any atom is -0.507 e. The summed E-state index contributed by atoms with van der Waals surface area (Å²) in [6, 6.07) is 13.9. The van der Waals surface area contributed by atoms with E-state index in [1.165, 1.54) is 0 Å². The first kappa shape index (κ1) is 31.5. The number of benzene rings is 2. The maximum Gasteiger partial charge on any atom is 0.248 e. The Labute approximate surface area is 234 Å². The Hall–Kier alpha value is -4.70. The molecular weight excluding hydrogens is 508 g/mol. The Morgan fingerprint density at radius 1 is 1.05 bits per heavy atom. The highest BCUT2D eigenvalue weighted by molar-refractivity contribution is 5.96. The van der Waals surface area contributed by atoms with Crippen LogP contribution in [0.15, 0.2) is 67.3 Å². The number of nitrogens with zero attached hydrogens (tertiary/aromatic N) is 3. The molecule has 6 N–H and O–H groups in total. The second-order valence-corrected chi connectivity index (χ2v) is 7.88. The molecule has 0 atom stereocenters. The predicted octanol–water partition coefficient (Wildman–Crippen LogP) is 5.49. The van der Waals surface area contributed by atoms with Crippen molar-refractivity contribution in [2.45, 2.75) is 40.5 Å². The van der Waals surface area contributed by atoms with Gasteiger partial charge in [0.15, 0.2) is 0 Å². The zero-order chi connectivity index (χ0) is 29.5. The number of imidazole rings is 2. The average Bonchev–Trinajstić information content (AvgIpc) is 3.68. The van der Waals surface area contributed by atoms with Gasteiger partial charge in [-0.05, 0) is 60.9 Å². The number of rotatable bonds is 7. The number of hydrogen-bond acceptors (Lipinski definition) is 7. The number of aryl methyl sites for hydroxylation is 1. The van der Waals surface area contributed by atoms with E-state index < -0.39 is 5.91 Å². The molecule has 40 heavy (non-hydrogen) atoms. The first-order valence-corrected chi connectivity index (χ1v) is 13.2. The summed E-state index contributed by atoms with van der Waals surface area (Å²) >= 11 is 0. The highest BCUT2D eigenvalue weighted by Gasteiger charge is 2.14. The maximum atomic E-state index is 11.4. The number of aromatic amines is 2. The molecule has 2 aromatic carbocycles. The summed E-state index contributed by atoms with van der Waals surface area (Å²) in [5.74, 6) is 0.538. The number of carbonyl (C=O) groups is 1. The minimum atomic E-state index is -0.512. The van der Waals surface area contributed by atoms with Gasteiger partial charge in [-0.2, -0.15) is 0 Å². The number of nitrogens with two attached hydrogens (primary N) is 1. The number of hydrogen-bond donors (Lipinski definition) is 5. The summed E-state index contributed by atoms with van der Waals surface area (Å²) in [6.07, 6.45) is 6.76. The minimum absolute atomic E-state index is 0.0794. The molecule has 0 fully saturated rings. The maximum absolute atomic E-state index is 11.4. The number of methoxy groups -OCH3 is 1. The molecule has 0 radical (unpaired) electrons. The molecule has 0 saturated carbocycles. The lowest BCUT2D eigenvalue weighted by atomic mass is 10.0. The van der Waals surface area contributed by atoms with E-state index in [9.17, 15) is 9.90 Å². The predicted molar refractivity (Wildman–Crippen MR) is 158 cm³/mol. The number of amides is 1. The number of carbonyl (C=O) groups excluding carboxylic acids is 1. The molecule has 0 unspecified atom stereocenters. The van der Waals surface area contributed by atoms with E-state index in [0.717, 1.165) is 29.7 Å². The van der Waals surface area contributed by atoms with Crippen molar-refractivity contribution in [2.75, 3.05) is 13.7 Å². The Morgan fingerprint density at radius 2 is 1.82 bits per heavy atom. The van der Waals surface area contributed by atoms with Gasteiger partial charge in [-0.25, -0.2) is 15.0 Å². The van der Waals surface area contributed by atoms with Gasteiger partial charge in [-0.3, -0.25) is 4.79 Å². The number of primary amides is 1. The topological polar surface area (TPSA) is 163 Å². The Balaban J connectivity index is 0.000000362. The van der Waals surface area contributed by atoms with Crippen LogP contribution in [-0.2, 0) is 6.42 Å². The summed E-state index contributed by atoms with van der Waals surface area (Å²) < 4.78 is 5.32. The lowest BCUT2D eigenvalue weighted by Gasteiger charge is -2.09. The van der Waals surface area contributed by atoms with Gasteiger partial charge in [-0.1, -0.05) is 33.8 Å². The molecule has 3 heterocycles. The van der Waals surface area contributed by atoms with E-state index in [1.54, 1.807) is 56.2 Å². The smallest absolute Gasteiger partial charge is 0.248 e. The van der Waals surface area contributed by atoms with E-state index in [1.807, 2.05) is 45.9 Å². The normalized spacial score (nSPS) is 9.85. The van der Waals surface area contributed by atoms with Crippen molar-refractivity contribution < 1.29 is 19.7 Å². The van der Waals surface area contributed by atoms with E-state index in [-0.39, 0.29) is 12.4 Å². The van der Waals surface area contributed by atoms with Gasteiger partial charge in [-0.15, -0.1) is 0 Å². The monoisotopic (exact) mass is 546 g/mol. The van der Waals surface area contributed by atoms with E-state index in [2.05, 4.69) is 24.9 Å². The molecule has 3 aromatic heterocycles. The number of aromatic hydroxyl groups is 1. The van der Waals surface area contributed by atoms with Gasteiger partial charge < -0.3 is 30.7 Å². The number of nitrogens with one attached hydrogen (secondary N) is 2. The van der Waals surface area contributed by atoms with Crippen LogP contribution in [0.5, 0.6) is 11.6 Å². The van der Waals surface area contributed by atoms with E-state index >= 15 is 0 Å². The number of aliphatic hydroxyl groups is 1. The molecule has 0 saturated heterocycles. The molecule has 0 aliphatic rings. The van der Waals surface area contributed by atoms with Crippen LogP contribution in [0.1, 0.15) is 50.2 Å². The molecule has 0 bridgehead atoms. The van der Waals surface area contributed by atoms with Crippen molar-refractivity contribution in [3.63, 3.8) is 0 Å². The molecular formula is C30H38N6O4. The average molecular weight is 547 g/mol. The van der Waals surface area contributed by atoms with Crippen LogP contribution in [0.3, 0.4) is 0 Å². The molecule has 5 rings (SSSR count). The van der Waals surface area contributed by atoms with Crippen LogP contribution in [-0.4, -0.2) is 54.8 Å². The fourth-order valence-electron chi connectivity index (χ4n) is 3.65. The molecule has 10 nitrogen and oxygen atoms in total. The van der Waals surface area contributed by atoms with Crippen molar-refractivity contribution in [3.05, 3.63) is 78.5 Å². The number of pyridine rings is 1. The number of phenols is 1. The van der Waals surface area contributed by atoms with Crippen LogP contribution in [0, 0.1) is 0 Å². The van der Waals surface area contributed by atoms with Gasteiger partial charge in [0.2, 0.25) is 11.8 Å². The molecule has 5 aromatic rings. The highest BCUT2D eigenvalue weighted by atomic mass is 16.5. The number of fused-ring (bicyclic) bond motifs is 1. The van der Waals surface area contributed by atoms with Gasteiger partial charge in [0.05, 0.1) is 30.0 Å². The van der Waals surface area contributed by atoms with Crippen molar-refractivity contribution in [1.29, 1.82) is 0 Å². The van der Waals surface area contributed by atoms with Crippen LogP contribution in [0.2, 0.25) is 0 Å². The quantitative estimate of drug-likeness (QED) is 0.180. The van der Waals surface area contributed by atoms with Gasteiger partial charge >= 0.3 is 0 Å². The molecule has 212 valence electrons. The third-order valence-electron chi connectivity index (χ3n) is 5.45. The van der Waals surface area contributed by atoms with Gasteiger partial charge in [0, 0.05) is 35.8 Å². The van der Waals surface area contributed by atoms with E-state index in [4.69, 9.17) is 15.6 Å². The zero-order valence-electron chi connectivity index (χ0n) is 23.6. The summed E-state index contributed by atoms with van der Waals surface area (Å²) in [7, 11) is 1.56. The van der Waals surface area contributed by atoms with Crippen LogP contribution in [0.25, 0.3) is 33.5 Å². The summed E-state index contributed by atoms with van der Waals surface area (Å²) in [5, 5.41) is 18.8. The van der Waals surface area contributed by atoms with Gasteiger partial charge in [0.1, 0.15) is 11.6 Å². The largest absolute Gasteiger partial charge is 0.507 e. The third-order valence-corrected chi connectivity index (χ3v) is 5.45. The lowest BCUT2D eigenvalue weighted by Crippen LogP contribution is -2.10. The van der Waals surface area contributed by atoms with Crippen molar-refractivity contribution >= 4 is 16.9 Å². The first-order chi connectivity index (χ1) is 19.5. The van der Waals surface area contributed by atoms with Crippen molar-refractivity contribution in [2.24, 2.45) is 5.73 Å². The number of aliphatic hydroxyl groups excluding tert-OH is 1. The highest BCUT2D eigenvalue weighted by Crippen LogP contribution is 2.35. The summed E-state index contributed by atoms with van der Waals surface area (Å²) in [6.45, 7) is 8.25. The van der Waals surface area contributed by atoms with Gasteiger partial charge in [0.25, 0.3) is 0 Å². The summed E-state index contributed by atoms with van der Waals surface area (Å²) in [4.78, 5) is 30.0. The van der Waals surface area contributed by atoms with Crippen LogP contribution < -0.4 is 10.5 Å². The SMILES string of the molecule is CC.CC.COc1ncccc1-c1ccc(O)c(-c2nc3ccc(C(N)=O)cc3[nH]2)c1.OCCCc1cnc[nH]1. The summed E-state index contributed by atoms with van der Waals surface area (Å²) in [5.41, 5.74) is 10.3. The lowest BCUT2D eigenvalue weighted by molar-refractivity contribution is 0.100. The number of H-pyrrole nitrogens is 2. The van der Waals surface area contributed by atoms with E-state index in [0.29, 0.717) is 33.9 Å². The van der Waals surface area contributed by atoms with Crippen LogP contribution >= 0.6 is 0 Å². The fraction of sp³-hybridized carbons (Fsp3) is 0.267. The Kier molecular flexibility index (Phi) is 12.8. The molecule has 10 heteroatoms. The molecule has 1 amide bonds. The standard InChI is InChI=1S/C20H16N4O3.C6H10N2O.2C2H6/c1-27-20-13(3-2-8-22-20)11-5-7-17(25)14(9-11)19-23-15-6-4-12(18(21)26)10-16(15)24-19;9-3-1-2-6-4-7-5-8-6;2*1-2/h2-10,25H,1H3,(H2,21,26)(H,23,24);4-5,9H,1-3H2,(H,7,8);2*1-2H3. The Bertz CT molecular complexity index is 1460. The number of ether oxygens (including phenoxy) is 1. The van der Waals surface area contributed by atoms with Crippen molar-refractivity contribution in [3.8, 4) is 34.1 Å².